The molecule has 0 aliphatic carbocycles. The molecule has 0 saturated carbocycles. The third kappa shape index (κ3) is 2.90. The van der Waals surface area contributed by atoms with Gasteiger partial charge in [-0.05, 0) is 18.9 Å². The van der Waals surface area contributed by atoms with Crippen LogP contribution in [0.4, 0.5) is 10.1 Å². The molecule has 0 spiro atoms. The summed E-state index contributed by atoms with van der Waals surface area (Å²) in [6, 6.07) is 4.17. The first-order valence-corrected chi connectivity index (χ1v) is 7.00. The molecule has 0 unspecified atom stereocenters. The van der Waals surface area contributed by atoms with Gasteiger partial charge in [0.2, 0.25) is 0 Å². The molecule has 2 heterocycles. The lowest BCUT2D eigenvalue weighted by Gasteiger charge is -2.21. The Labute approximate surface area is 122 Å². The van der Waals surface area contributed by atoms with Gasteiger partial charge >= 0.3 is 0 Å². The number of anilines is 1. The maximum Gasteiger partial charge on any atom is 0.253 e. The van der Waals surface area contributed by atoms with Gasteiger partial charge in [0.25, 0.3) is 5.91 Å². The average molecular weight is 292 g/mol. The molecule has 112 valence electrons. The highest BCUT2D eigenvalue weighted by molar-refractivity contribution is 6.13. The summed E-state index contributed by atoms with van der Waals surface area (Å²) >= 11 is 0. The van der Waals surface area contributed by atoms with Crippen LogP contribution in [-0.2, 0) is 9.53 Å². The summed E-state index contributed by atoms with van der Waals surface area (Å²) < 4.78 is 23.9. The van der Waals surface area contributed by atoms with E-state index in [2.05, 4.69) is 5.10 Å². The van der Waals surface area contributed by atoms with Crippen molar-refractivity contribution in [3.63, 3.8) is 0 Å². The van der Waals surface area contributed by atoms with Crippen LogP contribution in [0.1, 0.15) is 19.3 Å². The normalized spacial score (nSPS) is 19.8. The molecule has 0 atom stereocenters. The maximum atomic E-state index is 13.6. The van der Waals surface area contributed by atoms with E-state index in [1.807, 2.05) is 0 Å². The molecule has 0 N–H and O–H groups in total. The van der Waals surface area contributed by atoms with Crippen LogP contribution in [0.5, 0.6) is 5.75 Å². The van der Waals surface area contributed by atoms with Crippen molar-refractivity contribution < 1.29 is 18.7 Å². The Balaban J connectivity index is 1.86. The van der Waals surface area contributed by atoms with Crippen LogP contribution in [-0.4, -0.2) is 31.9 Å². The van der Waals surface area contributed by atoms with E-state index in [1.54, 1.807) is 6.07 Å². The topological polar surface area (TPSA) is 51.1 Å². The maximum absolute atomic E-state index is 13.6. The monoisotopic (exact) mass is 292 g/mol. The predicted molar refractivity (Wildman–Crippen MR) is 76.0 cm³/mol. The van der Waals surface area contributed by atoms with Crippen LogP contribution in [0.2, 0.25) is 0 Å². The molecule has 0 bridgehead atoms. The number of benzene rings is 1. The molecule has 3 rings (SSSR count). The molecule has 1 aromatic rings. The van der Waals surface area contributed by atoms with Gasteiger partial charge in [-0.25, -0.2) is 9.40 Å². The lowest BCUT2D eigenvalue weighted by molar-refractivity contribution is -0.116. The van der Waals surface area contributed by atoms with Crippen LogP contribution in [0, 0.1) is 11.7 Å². The second-order valence-corrected chi connectivity index (χ2v) is 5.21. The van der Waals surface area contributed by atoms with Gasteiger partial charge in [0.15, 0.2) is 0 Å². The second kappa shape index (κ2) is 5.81. The standard InChI is InChI=1S/C15H17FN2O3/c1-20-13-7-11(16)6-12(8-13)18-15(19)9-14(17-18)10-2-4-21-5-3-10/h6-8,10H,2-5,9H2,1H3. The van der Waals surface area contributed by atoms with Crippen molar-refractivity contribution in [2.45, 2.75) is 19.3 Å². The molecule has 0 aromatic heterocycles. The SMILES string of the molecule is COc1cc(F)cc(N2N=C(C3CCOCC3)CC2=O)c1. The van der Waals surface area contributed by atoms with Crippen molar-refractivity contribution >= 4 is 17.3 Å². The molecule has 2 aliphatic rings. The highest BCUT2D eigenvalue weighted by Crippen LogP contribution is 2.29. The Bertz CT molecular complexity index is 582. The fourth-order valence-electron chi connectivity index (χ4n) is 2.70. The number of rotatable bonds is 3. The second-order valence-electron chi connectivity index (χ2n) is 5.21. The zero-order valence-electron chi connectivity index (χ0n) is 11.8. The minimum Gasteiger partial charge on any atom is -0.497 e. The summed E-state index contributed by atoms with van der Waals surface area (Å²) in [5.74, 6) is 0.0617. The fourth-order valence-corrected chi connectivity index (χ4v) is 2.70. The van der Waals surface area contributed by atoms with Gasteiger partial charge in [0.1, 0.15) is 11.6 Å². The third-order valence-corrected chi connectivity index (χ3v) is 3.83. The van der Waals surface area contributed by atoms with Crippen LogP contribution >= 0.6 is 0 Å². The third-order valence-electron chi connectivity index (χ3n) is 3.83. The Morgan fingerprint density at radius 2 is 2.10 bits per heavy atom. The van der Waals surface area contributed by atoms with E-state index >= 15 is 0 Å². The van der Waals surface area contributed by atoms with E-state index in [0.29, 0.717) is 31.1 Å². The zero-order chi connectivity index (χ0) is 14.8. The smallest absolute Gasteiger partial charge is 0.253 e. The van der Waals surface area contributed by atoms with E-state index in [1.165, 1.54) is 24.3 Å². The summed E-state index contributed by atoms with van der Waals surface area (Å²) in [6.07, 6.45) is 2.06. The largest absolute Gasteiger partial charge is 0.497 e. The molecule has 21 heavy (non-hydrogen) atoms. The summed E-state index contributed by atoms with van der Waals surface area (Å²) in [5.41, 5.74) is 1.27. The first kappa shape index (κ1) is 14.0. The van der Waals surface area contributed by atoms with Crippen molar-refractivity contribution in [3.8, 4) is 5.75 Å². The van der Waals surface area contributed by atoms with Gasteiger partial charge in [-0.3, -0.25) is 4.79 Å². The van der Waals surface area contributed by atoms with E-state index < -0.39 is 5.82 Å². The molecule has 2 aliphatic heterocycles. The van der Waals surface area contributed by atoms with Crippen molar-refractivity contribution in [1.82, 2.24) is 0 Å². The van der Waals surface area contributed by atoms with Crippen molar-refractivity contribution in [3.05, 3.63) is 24.0 Å². The van der Waals surface area contributed by atoms with Gasteiger partial charge in [-0.15, -0.1) is 0 Å². The molecular weight excluding hydrogens is 275 g/mol. The van der Waals surface area contributed by atoms with E-state index in [9.17, 15) is 9.18 Å². The van der Waals surface area contributed by atoms with Crippen LogP contribution in [0.3, 0.4) is 0 Å². The van der Waals surface area contributed by atoms with Gasteiger partial charge in [0, 0.05) is 31.3 Å². The van der Waals surface area contributed by atoms with E-state index in [-0.39, 0.29) is 11.8 Å². The molecule has 0 radical (unpaired) electrons. The average Bonchev–Trinajstić information content (AvgIpc) is 2.89. The fraction of sp³-hybridized carbons (Fsp3) is 0.467. The minimum absolute atomic E-state index is 0.135. The van der Waals surface area contributed by atoms with Crippen molar-refractivity contribution in [1.29, 1.82) is 0 Å². The predicted octanol–water partition coefficient (Wildman–Crippen LogP) is 2.35. The van der Waals surface area contributed by atoms with Gasteiger partial charge < -0.3 is 9.47 Å². The number of ether oxygens (including phenoxy) is 2. The molecule has 1 aromatic carbocycles. The zero-order valence-corrected chi connectivity index (χ0v) is 11.8. The number of halogens is 1. The molecule has 6 heteroatoms. The van der Waals surface area contributed by atoms with Gasteiger partial charge in [-0.1, -0.05) is 0 Å². The first-order chi connectivity index (χ1) is 10.2. The van der Waals surface area contributed by atoms with Crippen LogP contribution in [0.25, 0.3) is 0 Å². The Hall–Kier alpha value is -1.95. The quantitative estimate of drug-likeness (QED) is 0.859. The molecule has 5 nitrogen and oxygen atoms in total. The number of hydrogen-bond donors (Lipinski definition) is 0. The van der Waals surface area contributed by atoms with Crippen LogP contribution in [0.15, 0.2) is 23.3 Å². The molecular formula is C15H17FN2O3. The summed E-state index contributed by atoms with van der Waals surface area (Å²) in [6.45, 7) is 1.40. The Kier molecular flexibility index (Phi) is 3.88. The lowest BCUT2D eigenvalue weighted by atomic mass is 9.93. The summed E-state index contributed by atoms with van der Waals surface area (Å²) in [7, 11) is 1.46. The van der Waals surface area contributed by atoms with Crippen molar-refractivity contribution in [2.24, 2.45) is 11.0 Å². The van der Waals surface area contributed by atoms with Crippen LogP contribution < -0.4 is 9.75 Å². The number of hydrogen-bond acceptors (Lipinski definition) is 4. The Morgan fingerprint density at radius 3 is 2.81 bits per heavy atom. The number of hydrazone groups is 1. The highest BCUT2D eigenvalue weighted by Gasteiger charge is 2.31. The highest BCUT2D eigenvalue weighted by atomic mass is 19.1. The van der Waals surface area contributed by atoms with E-state index in [0.717, 1.165) is 18.6 Å². The number of carbonyl (C=O) groups excluding carboxylic acids is 1. The minimum atomic E-state index is -0.452. The van der Waals surface area contributed by atoms with Crippen molar-refractivity contribution in [2.75, 3.05) is 25.3 Å². The summed E-state index contributed by atoms with van der Waals surface area (Å²) in [5, 5.41) is 5.68. The Morgan fingerprint density at radius 1 is 1.33 bits per heavy atom. The summed E-state index contributed by atoms with van der Waals surface area (Å²) in [4.78, 5) is 12.2. The number of carbonyl (C=O) groups is 1. The molecule has 1 fully saturated rings. The number of nitrogens with zero attached hydrogens (tertiary/aromatic N) is 2. The van der Waals surface area contributed by atoms with Gasteiger partial charge in [-0.2, -0.15) is 5.10 Å². The van der Waals surface area contributed by atoms with E-state index in [4.69, 9.17) is 9.47 Å². The molecule has 1 saturated heterocycles. The number of methoxy groups -OCH3 is 1. The number of amides is 1. The molecule has 1 amide bonds. The lowest BCUT2D eigenvalue weighted by Crippen LogP contribution is -2.23. The van der Waals surface area contributed by atoms with Gasteiger partial charge in [0.05, 0.1) is 24.9 Å². The first-order valence-electron chi connectivity index (χ1n) is 7.00.